The number of nitrogens with zero attached hydrogens (tertiary/aromatic N) is 2. The highest BCUT2D eigenvalue weighted by molar-refractivity contribution is 7.89. The van der Waals surface area contributed by atoms with Gasteiger partial charge in [-0.1, -0.05) is 6.42 Å². The minimum atomic E-state index is -3.48. The summed E-state index contributed by atoms with van der Waals surface area (Å²) in [6.07, 6.45) is 2.86. The van der Waals surface area contributed by atoms with Crippen LogP contribution >= 0.6 is 0 Å². The predicted molar refractivity (Wildman–Crippen MR) is 98.3 cm³/mol. The van der Waals surface area contributed by atoms with E-state index in [1.54, 1.807) is 24.1 Å². The molecule has 1 aliphatic heterocycles. The van der Waals surface area contributed by atoms with Gasteiger partial charge in [0.05, 0.1) is 11.4 Å². The van der Waals surface area contributed by atoms with Gasteiger partial charge in [-0.05, 0) is 56.2 Å². The first-order valence-electron chi connectivity index (χ1n) is 8.79. The number of hydrogen-bond acceptors (Lipinski definition) is 4. The first-order valence-corrected chi connectivity index (χ1v) is 10.2. The summed E-state index contributed by atoms with van der Waals surface area (Å²) in [6.45, 7) is 3.34. The van der Waals surface area contributed by atoms with Crippen LogP contribution in [-0.4, -0.2) is 43.7 Å². The van der Waals surface area contributed by atoms with E-state index in [4.69, 9.17) is 4.42 Å². The van der Waals surface area contributed by atoms with Gasteiger partial charge in [0.1, 0.15) is 11.5 Å². The Labute approximate surface area is 154 Å². The van der Waals surface area contributed by atoms with E-state index in [-0.39, 0.29) is 10.8 Å². The third-order valence-corrected chi connectivity index (χ3v) is 6.50. The first-order chi connectivity index (χ1) is 12.4. The van der Waals surface area contributed by atoms with Crippen LogP contribution in [-0.2, 0) is 16.6 Å². The number of carbonyl (C=O) groups excluding carboxylic acids is 1. The summed E-state index contributed by atoms with van der Waals surface area (Å²) in [5.41, 5.74) is 0.452. The average molecular weight is 376 g/mol. The zero-order valence-corrected chi connectivity index (χ0v) is 16.0. The third-order valence-electron chi connectivity index (χ3n) is 4.59. The monoisotopic (exact) mass is 376 g/mol. The normalized spacial score (nSPS) is 15.8. The lowest BCUT2D eigenvalue weighted by atomic mass is 10.2. The molecule has 7 heteroatoms. The zero-order chi connectivity index (χ0) is 18.7. The van der Waals surface area contributed by atoms with Crippen molar-refractivity contribution in [1.29, 1.82) is 0 Å². The van der Waals surface area contributed by atoms with Crippen molar-refractivity contribution in [1.82, 2.24) is 9.21 Å². The average Bonchev–Trinajstić information content (AvgIpc) is 3.06. The fourth-order valence-electron chi connectivity index (χ4n) is 3.12. The SMILES string of the molecule is Cc1ccc(CN(C)C(=O)c2ccc(S(=O)(=O)N3CCCCC3)cc2)o1. The number of amides is 1. The largest absolute Gasteiger partial charge is 0.464 e. The summed E-state index contributed by atoms with van der Waals surface area (Å²) in [5, 5.41) is 0. The van der Waals surface area contributed by atoms with Crippen LogP contribution in [0.5, 0.6) is 0 Å². The van der Waals surface area contributed by atoms with Gasteiger partial charge in [-0.2, -0.15) is 4.31 Å². The Balaban J connectivity index is 1.71. The molecule has 140 valence electrons. The van der Waals surface area contributed by atoms with Crippen molar-refractivity contribution in [2.24, 2.45) is 0 Å². The maximum atomic E-state index is 12.7. The van der Waals surface area contributed by atoms with Gasteiger partial charge in [0.15, 0.2) is 0 Å². The molecular formula is C19H24N2O4S. The molecule has 2 heterocycles. The Morgan fingerprint density at radius 2 is 1.73 bits per heavy atom. The standard InChI is InChI=1S/C19H24N2O4S/c1-15-6-9-17(25-15)14-20(2)19(22)16-7-10-18(11-8-16)26(23,24)21-12-4-3-5-13-21/h6-11H,3-5,12-14H2,1-2H3. The quantitative estimate of drug-likeness (QED) is 0.804. The minimum Gasteiger partial charge on any atom is -0.464 e. The maximum Gasteiger partial charge on any atom is 0.254 e. The van der Waals surface area contributed by atoms with Gasteiger partial charge < -0.3 is 9.32 Å². The van der Waals surface area contributed by atoms with E-state index in [0.717, 1.165) is 25.0 Å². The fourth-order valence-corrected chi connectivity index (χ4v) is 4.64. The molecule has 3 rings (SSSR count). The Morgan fingerprint density at radius 3 is 2.31 bits per heavy atom. The summed E-state index contributed by atoms with van der Waals surface area (Å²) in [6, 6.07) is 9.87. The van der Waals surface area contributed by atoms with Crippen molar-refractivity contribution in [3.63, 3.8) is 0 Å². The molecule has 1 aliphatic rings. The van der Waals surface area contributed by atoms with Gasteiger partial charge in [0.2, 0.25) is 10.0 Å². The Bertz CT molecular complexity index is 865. The second kappa shape index (κ2) is 7.63. The van der Waals surface area contributed by atoms with Gasteiger partial charge in [-0.25, -0.2) is 8.42 Å². The van der Waals surface area contributed by atoms with E-state index in [2.05, 4.69) is 0 Å². The Kier molecular flexibility index (Phi) is 5.48. The van der Waals surface area contributed by atoms with E-state index >= 15 is 0 Å². The fraction of sp³-hybridized carbons (Fsp3) is 0.421. The molecule has 1 aromatic carbocycles. The van der Waals surface area contributed by atoms with Gasteiger partial charge in [0, 0.05) is 25.7 Å². The van der Waals surface area contributed by atoms with Crippen molar-refractivity contribution in [3.8, 4) is 0 Å². The van der Waals surface area contributed by atoms with Crippen LogP contribution in [0.15, 0.2) is 45.7 Å². The topological polar surface area (TPSA) is 70.8 Å². The summed E-state index contributed by atoms with van der Waals surface area (Å²) in [5.74, 6) is 1.33. The molecule has 0 unspecified atom stereocenters. The molecule has 2 aromatic rings. The van der Waals surface area contributed by atoms with Crippen LogP contribution in [0.2, 0.25) is 0 Å². The first kappa shape index (κ1) is 18.7. The highest BCUT2D eigenvalue weighted by atomic mass is 32.2. The van der Waals surface area contributed by atoms with E-state index in [1.807, 2.05) is 19.1 Å². The van der Waals surface area contributed by atoms with Crippen LogP contribution in [0.3, 0.4) is 0 Å². The third kappa shape index (κ3) is 3.99. The number of benzene rings is 1. The summed E-state index contributed by atoms with van der Waals surface area (Å²) < 4.78 is 32.3. The number of furan rings is 1. The zero-order valence-electron chi connectivity index (χ0n) is 15.1. The van der Waals surface area contributed by atoms with E-state index in [0.29, 0.717) is 31.0 Å². The highest BCUT2D eigenvalue weighted by Gasteiger charge is 2.26. The van der Waals surface area contributed by atoms with Crippen molar-refractivity contribution in [3.05, 3.63) is 53.5 Å². The van der Waals surface area contributed by atoms with Crippen molar-refractivity contribution in [2.45, 2.75) is 37.6 Å². The number of hydrogen-bond donors (Lipinski definition) is 0. The molecule has 0 atom stereocenters. The molecule has 0 spiro atoms. The molecule has 26 heavy (non-hydrogen) atoms. The molecule has 6 nitrogen and oxygen atoms in total. The molecule has 0 bridgehead atoms. The molecule has 1 aromatic heterocycles. The Hall–Kier alpha value is -2.12. The molecule has 0 radical (unpaired) electrons. The van der Waals surface area contributed by atoms with Crippen LogP contribution in [0.25, 0.3) is 0 Å². The van der Waals surface area contributed by atoms with Crippen molar-refractivity contribution in [2.75, 3.05) is 20.1 Å². The van der Waals surface area contributed by atoms with Crippen LogP contribution in [0.1, 0.15) is 41.1 Å². The summed E-state index contributed by atoms with van der Waals surface area (Å²) in [4.78, 5) is 14.3. The maximum absolute atomic E-state index is 12.7. The lowest BCUT2D eigenvalue weighted by Crippen LogP contribution is -2.35. The van der Waals surface area contributed by atoms with Crippen LogP contribution in [0.4, 0.5) is 0 Å². The van der Waals surface area contributed by atoms with Gasteiger partial charge in [-0.3, -0.25) is 4.79 Å². The van der Waals surface area contributed by atoms with Crippen molar-refractivity contribution < 1.29 is 17.6 Å². The minimum absolute atomic E-state index is 0.180. The van der Waals surface area contributed by atoms with Gasteiger partial charge in [-0.15, -0.1) is 0 Å². The number of aryl methyl sites for hydroxylation is 1. The number of piperidine rings is 1. The van der Waals surface area contributed by atoms with E-state index < -0.39 is 10.0 Å². The molecule has 1 fully saturated rings. The van der Waals surface area contributed by atoms with Crippen LogP contribution in [0, 0.1) is 6.92 Å². The second-order valence-electron chi connectivity index (χ2n) is 6.66. The Morgan fingerprint density at radius 1 is 1.08 bits per heavy atom. The molecule has 0 aliphatic carbocycles. The molecule has 0 saturated carbocycles. The lowest BCUT2D eigenvalue weighted by molar-refractivity contribution is 0.0775. The lowest BCUT2D eigenvalue weighted by Gasteiger charge is -2.26. The summed E-state index contributed by atoms with van der Waals surface area (Å²) in [7, 11) is -1.78. The molecule has 1 amide bonds. The van der Waals surface area contributed by atoms with E-state index in [1.165, 1.54) is 16.4 Å². The predicted octanol–water partition coefficient (Wildman–Crippen LogP) is 3.03. The smallest absolute Gasteiger partial charge is 0.254 e. The van der Waals surface area contributed by atoms with Gasteiger partial charge in [0.25, 0.3) is 5.91 Å². The summed E-state index contributed by atoms with van der Waals surface area (Å²) >= 11 is 0. The second-order valence-corrected chi connectivity index (χ2v) is 8.60. The van der Waals surface area contributed by atoms with Gasteiger partial charge >= 0.3 is 0 Å². The number of carbonyl (C=O) groups is 1. The van der Waals surface area contributed by atoms with E-state index in [9.17, 15) is 13.2 Å². The number of rotatable bonds is 5. The van der Waals surface area contributed by atoms with Crippen molar-refractivity contribution >= 4 is 15.9 Å². The highest BCUT2D eigenvalue weighted by Crippen LogP contribution is 2.21. The van der Waals surface area contributed by atoms with Crippen LogP contribution < -0.4 is 0 Å². The molecular weight excluding hydrogens is 352 g/mol. The molecule has 0 N–H and O–H groups in total. The molecule has 1 saturated heterocycles. The number of sulfonamides is 1.